The fourth-order valence-electron chi connectivity index (χ4n) is 2.96. The molecule has 2 aromatic carbocycles. The van der Waals surface area contributed by atoms with Crippen molar-refractivity contribution in [2.45, 2.75) is 25.3 Å². The van der Waals surface area contributed by atoms with E-state index in [0.717, 1.165) is 29.7 Å². The molecule has 1 aliphatic rings. The first-order valence-electron chi connectivity index (χ1n) is 7.65. The second kappa shape index (κ2) is 5.33. The van der Waals surface area contributed by atoms with Crippen LogP contribution < -0.4 is 4.74 Å². The van der Waals surface area contributed by atoms with E-state index in [0.29, 0.717) is 11.7 Å². The third-order valence-electron chi connectivity index (χ3n) is 4.31. The molecule has 118 valence electrons. The SMILES string of the molecule is COc1cccc2c1nc(C1CC1)n2Cc1c(F)cccc1F. The molecule has 23 heavy (non-hydrogen) atoms. The van der Waals surface area contributed by atoms with Crippen LogP contribution in [0.15, 0.2) is 36.4 Å². The van der Waals surface area contributed by atoms with Crippen LogP contribution in [-0.2, 0) is 6.54 Å². The van der Waals surface area contributed by atoms with E-state index in [-0.39, 0.29) is 12.1 Å². The van der Waals surface area contributed by atoms with Gasteiger partial charge in [-0.05, 0) is 37.1 Å². The number of para-hydroxylation sites is 1. The van der Waals surface area contributed by atoms with Crippen molar-refractivity contribution in [3.05, 3.63) is 59.4 Å². The van der Waals surface area contributed by atoms with Gasteiger partial charge >= 0.3 is 0 Å². The molecule has 1 fully saturated rings. The molecule has 0 unspecified atom stereocenters. The van der Waals surface area contributed by atoms with E-state index in [2.05, 4.69) is 0 Å². The molecule has 3 aromatic rings. The predicted octanol–water partition coefficient (Wildman–Crippen LogP) is 4.25. The van der Waals surface area contributed by atoms with Crippen LogP contribution in [0.3, 0.4) is 0 Å². The summed E-state index contributed by atoms with van der Waals surface area (Å²) >= 11 is 0. The van der Waals surface area contributed by atoms with Crippen molar-refractivity contribution in [1.82, 2.24) is 9.55 Å². The van der Waals surface area contributed by atoms with E-state index in [1.807, 2.05) is 22.8 Å². The first-order valence-corrected chi connectivity index (χ1v) is 7.65. The summed E-state index contributed by atoms with van der Waals surface area (Å²) in [7, 11) is 1.60. The Labute approximate surface area is 132 Å². The predicted molar refractivity (Wildman–Crippen MR) is 83.7 cm³/mol. The normalized spacial score (nSPS) is 14.4. The summed E-state index contributed by atoms with van der Waals surface area (Å²) in [6, 6.07) is 9.58. The number of hydrogen-bond donors (Lipinski definition) is 0. The van der Waals surface area contributed by atoms with Gasteiger partial charge in [-0.3, -0.25) is 0 Å². The van der Waals surface area contributed by atoms with Crippen molar-refractivity contribution in [3.63, 3.8) is 0 Å². The summed E-state index contributed by atoms with van der Waals surface area (Å²) < 4.78 is 35.4. The van der Waals surface area contributed by atoms with Crippen molar-refractivity contribution < 1.29 is 13.5 Å². The van der Waals surface area contributed by atoms with Crippen LogP contribution in [0.5, 0.6) is 5.75 Å². The number of ether oxygens (including phenoxy) is 1. The summed E-state index contributed by atoms with van der Waals surface area (Å²) in [5.41, 5.74) is 1.65. The Bertz CT molecular complexity index is 864. The molecule has 0 amide bonds. The van der Waals surface area contributed by atoms with Crippen LogP contribution in [0, 0.1) is 11.6 Å². The molecule has 5 heteroatoms. The smallest absolute Gasteiger partial charge is 0.146 e. The number of benzene rings is 2. The molecule has 1 saturated carbocycles. The van der Waals surface area contributed by atoms with E-state index >= 15 is 0 Å². The van der Waals surface area contributed by atoms with Crippen molar-refractivity contribution in [3.8, 4) is 5.75 Å². The molecule has 0 atom stereocenters. The first kappa shape index (κ1) is 14.2. The lowest BCUT2D eigenvalue weighted by Gasteiger charge is -2.11. The van der Waals surface area contributed by atoms with Crippen LogP contribution in [0.4, 0.5) is 8.78 Å². The van der Waals surface area contributed by atoms with E-state index in [4.69, 9.17) is 9.72 Å². The van der Waals surface area contributed by atoms with Gasteiger partial charge in [-0.1, -0.05) is 12.1 Å². The largest absolute Gasteiger partial charge is 0.494 e. The average molecular weight is 314 g/mol. The highest BCUT2D eigenvalue weighted by Gasteiger charge is 2.30. The van der Waals surface area contributed by atoms with Gasteiger partial charge in [0.25, 0.3) is 0 Å². The number of methoxy groups -OCH3 is 1. The van der Waals surface area contributed by atoms with E-state index in [1.165, 1.54) is 18.2 Å². The number of nitrogens with zero attached hydrogens (tertiary/aromatic N) is 2. The molecular weight excluding hydrogens is 298 g/mol. The Hall–Kier alpha value is -2.43. The van der Waals surface area contributed by atoms with Gasteiger partial charge in [0.2, 0.25) is 0 Å². The van der Waals surface area contributed by atoms with Gasteiger partial charge in [-0.25, -0.2) is 13.8 Å². The summed E-state index contributed by atoms with van der Waals surface area (Å²) in [5.74, 6) is 0.860. The second-order valence-corrected chi connectivity index (χ2v) is 5.86. The van der Waals surface area contributed by atoms with Crippen molar-refractivity contribution in [1.29, 1.82) is 0 Å². The van der Waals surface area contributed by atoms with Gasteiger partial charge in [-0.15, -0.1) is 0 Å². The summed E-state index contributed by atoms with van der Waals surface area (Å²) in [5, 5.41) is 0. The molecule has 1 heterocycles. The van der Waals surface area contributed by atoms with E-state index in [9.17, 15) is 8.78 Å². The summed E-state index contributed by atoms with van der Waals surface area (Å²) in [4.78, 5) is 4.69. The third-order valence-corrected chi connectivity index (χ3v) is 4.31. The molecule has 0 spiro atoms. The molecule has 3 nitrogen and oxygen atoms in total. The minimum Gasteiger partial charge on any atom is -0.494 e. The summed E-state index contributed by atoms with van der Waals surface area (Å²) in [6.45, 7) is 0.133. The van der Waals surface area contributed by atoms with Crippen LogP contribution >= 0.6 is 0 Å². The first-order chi connectivity index (χ1) is 11.2. The fraction of sp³-hybridized carbons (Fsp3) is 0.278. The maximum absolute atomic E-state index is 14.0. The Morgan fingerprint density at radius 1 is 1.13 bits per heavy atom. The molecular formula is C18H16F2N2O. The molecule has 1 aromatic heterocycles. The number of halogens is 2. The molecule has 0 aliphatic heterocycles. The van der Waals surface area contributed by atoms with E-state index in [1.54, 1.807) is 7.11 Å². The number of rotatable bonds is 4. The molecule has 0 bridgehead atoms. The number of hydrogen-bond acceptors (Lipinski definition) is 2. The van der Waals surface area contributed by atoms with Crippen molar-refractivity contribution in [2.75, 3.05) is 7.11 Å². The van der Waals surface area contributed by atoms with Crippen molar-refractivity contribution in [2.24, 2.45) is 0 Å². The van der Waals surface area contributed by atoms with Crippen molar-refractivity contribution >= 4 is 11.0 Å². The van der Waals surface area contributed by atoms with Crippen LogP contribution in [-0.4, -0.2) is 16.7 Å². The standard InChI is InChI=1S/C18H16F2N2O/c1-23-16-7-3-6-15-17(16)21-18(11-8-9-11)22(15)10-12-13(19)4-2-5-14(12)20/h2-7,11H,8-10H2,1H3. The average Bonchev–Trinajstić information content (AvgIpc) is 3.33. The van der Waals surface area contributed by atoms with Gasteiger partial charge in [0.1, 0.15) is 28.7 Å². The number of aromatic nitrogens is 2. The number of imidazole rings is 1. The lowest BCUT2D eigenvalue weighted by molar-refractivity contribution is 0.419. The highest BCUT2D eigenvalue weighted by Crippen LogP contribution is 2.42. The quantitative estimate of drug-likeness (QED) is 0.720. The molecule has 0 radical (unpaired) electrons. The molecule has 0 saturated heterocycles. The topological polar surface area (TPSA) is 27.1 Å². The molecule has 0 N–H and O–H groups in total. The lowest BCUT2D eigenvalue weighted by Crippen LogP contribution is -2.08. The maximum atomic E-state index is 14.0. The van der Waals surface area contributed by atoms with Crippen LogP contribution in [0.1, 0.15) is 30.1 Å². The van der Waals surface area contributed by atoms with Gasteiger partial charge < -0.3 is 9.30 Å². The Morgan fingerprint density at radius 2 is 1.83 bits per heavy atom. The zero-order chi connectivity index (χ0) is 16.0. The van der Waals surface area contributed by atoms with Gasteiger partial charge in [0.15, 0.2) is 0 Å². The fourth-order valence-corrected chi connectivity index (χ4v) is 2.96. The molecule has 4 rings (SSSR count). The van der Waals surface area contributed by atoms with Crippen LogP contribution in [0.25, 0.3) is 11.0 Å². The highest BCUT2D eigenvalue weighted by molar-refractivity contribution is 5.83. The highest BCUT2D eigenvalue weighted by atomic mass is 19.1. The molecule has 1 aliphatic carbocycles. The second-order valence-electron chi connectivity index (χ2n) is 5.86. The Morgan fingerprint density at radius 3 is 2.48 bits per heavy atom. The van der Waals surface area contributed by atoms with Crippen LogP contribution in [0.2, 0.25) is 0 Å². The van der Waals surface area contributed by atoms with Gasteiger partial charge in [-0.2, -0.15) is 0 Å². The zero-order valence-electron chi connectivity index (χ0n) is 12.7. The van der Waals surface area contributed by atoms with Gasteiger partial charge in [0.05, 0.1) is 19.2 Å². The van der Waals surface area contributed by atoms with E-state index < -0.39 is 11.6 Å². The lowest BCUT2D eigenvalue weighted by atomic mass is 10.2. The van der Waals surface area contributed by atoms with Gasteiger partial charge in [0, 0.05) is 11.5 Å². The minimum absolute atomic E-state index is 0.0662. The Kier molecular flexibility index (Phi) is 3.29. The Balaban J connectivity index is 1.90. The monoisotopic (exact) mass is 314 g/mol. The maximum Gasteiger partial charge on any atom is 0.146 e. The minimum atomic E-state index is -0.531. The zero-order valence-corrected chi connectivity index (χ0v) is 12.7. The summed E-state index contributed by atoms with van der Waals surface area (Å²) in [6.07, 6.45) is 2.12. The number of fused-ring (bicyclic) bond motifs is 1. The third kappa shape index (κ3) is 2.36.